The number of hydrogen-bond acceptors (Lipinski definition) is 10. The number of amides is 2. The third-order valence-corrected chi connectivity index (χ3v) is 12.2. The molecule has 3 aliphatic rings. The van der Waals surface area contributed by atoms with Gasteiger partial charge in [-0.2, -0.15) is 32.1 Å². The highest BCUT2D eigenvalue weighted by molar-refractivity contribution is 7.92. The van der Waals surface area contributed by atoms with Gasteiger partial charge in [0.15, 0.2) is 22.3 Å². The first-order valence-corrected chi connectivity index (χ1v) is 21.5. The largest absolute Gasteiger partial charge is 0.435 e. The van der Waals surface area contributed by atoms with Crippen molar-refractivity contribution in [2.45, 2.75) is 49.5 Å². The molecule has 14 nitrogen and oxygen atoms in total. The Morgan fingerprint density at radius 3 is 2.53 bits per heavy atom. The quantitative estimate of drug-likeness (QED) is 0.0892. The van der Waals surface area contributed by atoms with E-state index in [2.05, 4.69) is 41.6 Å². The van der Waals surface area contributed by atoms with E-state index in [-0.39, 0.29) is 53.1 Å². The number of anilines is 2. The fourth-order valence-electron chi connectivity index (χ4n) is 8.35. The van der Waals surface area contributed by atoms with E-state index < -0.39 is 81.0 Å². The molecular weight excluding hydrogens is 870 g/mol. The maximum atomic E-state index is 15.9. The van der Waals surface area contributed by atoms with Crippen LogP contribution in [0.3, 0.4) is 0 Å². The Morgan fingerprint density at radius 2 is 1.84 bits per heavy atom. The van der Waals surface area contributed by atoms with Crippen molar-refractivity contribution in [2.24, 2.45) is 13.0 Å². The van der Waals surface area contributed by atoms with Crippen LogP contribution in [0.1, 0.15) is 46.6 Å². The van der Waals surface area contributed by atoms with E-state index >= 15 is 8.78 Å². The molecule has 2 amide bonds. The second-order valence-electron chi connectivity index (χ2n) is 15.2. The van der Waals surface area contributed by atoms with Crippen LogP contribution in [0.2, 0.25) is 0 Å². The fraction of sp³-hybridized carbons (Fsp3) is 0.308. The highest BCUT2D eigenvalue weighted by Crippen LogP contribution is 2.58. The third-order valence-electron chi connectivity index (χ3n) is 10.7. The Hall–Kier alpha value is -6.32. The van der Waals surface area contributed by atoms with Crippen molar-refractivity contribution in [1.82, 2.24) is 40.2 Å². The van der Waals surface area contributed by atoms with Crippen LogP contribution >= 0.6 is 11.3 Å². The molecule has 1 fully saturated rings. The van der Waals surface area contributed by atoms with Gasteiger partial charge in [0.05, 0.1) is 40.2 Å². The molecule has 4 atom stereocenters. The Bertz CT molecular complexity index is 3030. The van der Waals surface area contributed by atoms with Crippen LogP contribution in [0.25, 0.3) is 32.4 Å². The molecule has 5 heterocycles. The molecule has 1 aliphatic heterocycles. The van der Waals surface area contributed by atoms with E-state index in [9.17, 15) is 40.0 Å². The number of nitrogens with zero attached hydrogens (tertiary/aromatic N) is 6. The highest BCUT2D eigenvalue weighted by atomic mass is 32.2. The number of thiazole rings is 1. The first-order valence-electron chi connectivity index (χ1n) is 18.8. The number of carbonyl (C=O) groups excluding carboxylic acids is 2. The van der Waals surface area contributed by atoms with Crippen LogP contribution in [-0.4, -0.2) is 68.6 Å². The minimum atomic E-state index is -5.15. The maximum Gasteiger partial charge on any atom is 0.435 e. The lowest BCUT2D eigenvalue weighted by atomic mass is 9.94. The number of carbonyl (C=O) groups is 2. The van der Waals surface area contributed by atoms with Gasteiger partial charge in [0.25, 0.3) is 5.92 Å². The third kappa shape index (κ3) is 7.42. The lowest BCUT2D eigenvalue weighted by Crippen LogP contribution is -2.35. The van der Waals surface area contributed by atoms with Crippen molar-refractivity contribution in [3.05, 3.63) is 100 Å². The first kappa shape index (κ1) is 41.1. The van der Waals surface area contributed by atoms with E-state index in [1.165, 1.54) is 16.0 Å². The number of halogens is 7. The summed E-state index contributed by atoms with van der Waals surface area (Å²) in [5.74, 6) is -10.1. The molecule has 4 aromatic heterocycles. The molecule has 2 aliphatic carbocycles. The van der Waals surface area contributed by atoms with Crippen molar-refractivity contribution in [2.75, 3.05) is 22.8 Å². The second kappa shape index (κ2) is 14.7. The molecule has 0 radical (unpaired) electrons. The molecule has 0 spiro atoms. The summed E-state index contributed by atoms with van der Waals surface area (Å²) >= 11 is 1.17. The van der Waals surface area contributed by atoms with Crippen LogP contribution in [0, 0.1) is 17.6 Å². The molecular formula is C39H31F7N10O4S2. The number of benzene rings is 2. The van der Waals surface area contributed by atoms with Gasteiger partial charge in [0.1, 0.15) is 23.9 Å². The Balaban J connectivity index is 1.19. The predicted molar refractivity (Wildman–Crippen MR) is 212 cm³/mol. The SMILES string of the molecule is Cn1nc(NS(C)(=O)=O)c2cccc(-c3cc4sc(NC5CNC(=O)C5)nc4nc3C(Cc3cc(F)cc(F)c3)NC(=O)Cn3nc(C(F)(F)F)c4c3C(F)(F)[C@@H]3C=C=C[C@H]43)c21. The van der Waals surface area contributed by atoms with Crippen molar-refractivity contribution < 1.29 is 48.7 Å². The van der Waals surface area contributed by atoms with Gasteiger partial charge < -0.3 is 16.0 Å². The lowest BCUT2D eigenvalue weighted by molar-refractivity contribution is -0.142. The summed E-state index contributed by atoms with van der Waals surface area (Å²) < 4.78 is 133. The Morgan fingerprint density at radius 1 is 1.08 bits per heavy atom. The number of fused-ring (bicyclic) bond motifs is 5. The molecule has 2 unspecified atom stereocenters. The highest BCUT2D eigenvalue weighted by Gasteiger charge is 2.60. The zero-order valence-corrected chi connectivity index (χ0v) is 33.7. The summed E-state index contributed by atoms with van der Waals surface area (Å²) in [5, 5.41) is 17.2. The Labute approximate surface area is 350 Å². The van der Waals surface area contributed by atoms with Crippen molar-refractivity contribution in [1.29, 1.82) is 0 Å². The zero-order valence-electron chi connectivity index (χ0n) is 32.1. The smallest absolute Gasteiger partial charge is 0.356 e. The normalized spacial score (nSPS) is 19.6. The minimum absolute atomic E-state index is 0.00957. The van der Waals surface area contributed by atoms with E-state index in [0.717, 1.165) is 30.5 Å². The molecule has 6 aromatic rings. The van der Waals surface area contributed by atoms with E-state index in [0.29, 0.717) is 43.6 Å². The first-order chi connectivity index (χ1) is 29.2. The molecule has 1 saturated heterocycles. The Kier molecular flexibility index (Phi) is 9.71. The van der Waals surface area contributed by atoms with Gasteiger partial charge in [0, 0.05) is 54.1 Å². The number of allylic oxidation sites excluding steroid dienone is 1. The van der Waals surface area contributed by atoms with Crippen molar-refractivity contribution >= 4 is 65.4 Å². The topological polar surface area (TPSA) is 178 Å². The minimum Gasteiger partial charge on any atom is -0.356 e. The summed E-state index contributed by atoms with van der Waals surface area (Å²) in [6, 6.07) is 7.50. The van der Waals surface area contributed by atoms with Gasteiger partial charge in [-0.05, 0) is 48.4 Å². The average Bonchev–Trinajstić information content (AvgIpc) is 4.01. The number of rotatable bonds is 11. The van der Waals surface area contributed by atoms with Gasteiger partial charge in [-0.3, -0.25) is 23.7 Å². The summed E-state index contributed by atoms with van der Waals surface area (Å²) in [7, 11) is -2.25. The fourth-order valence-corrected chi connectivity index (χ4v) is 9.78. The molecule has 322 valence electrons. The molecule has 9 rings (SSSR count). The molecule has 0 bridgehead atoms. The van der Waals surface area contributed by atoms with Gasteiger partial charge in [-0.25, -0.2) is 27.2 Å². The standard InChI is InChI=1S/C39H31F7N10O4S2/c1-55-32-21(5-3-7-23(32)35(53-55)54-62(2,59)60)24-14-27-36(51-37(61-27)48-20-13-28(57)47-15-20)50-31(24)26(11-17-9-18(40)12-19(41)10-17)49-29(58)16-56-34-30(33(52-56)39(44,45)46)22-6-4-8-25(22)38(34,42)43/h3,5-10,12,14,20,22,25-26H,11,13,15-16H2,1-2H3,(H,47,57)(H,49,58)(H,53,54)(H,48,50,51)/t20?,22-,25+,26?/m0/s1. The van der Waals surface area contributed by atoms with Crippen LogP contribution in [0.5, 0.6) is 0 Å². The van der Waals surface area contributed by atoms with Gasteiger partial charge in [-0.1, -0.05) is 23.5 Å². The number of sulfonamides is 1. The van der Waals surface area contributed by atoms with E-state index in [4.69, 9.17) is 4.98 Å². The van der Waals surface area contributed by atoms with Crippen molar-refractivity contribution in [3.8, 4) is 11.1 Å². The van der Waals surface area contributed by atoms with Gasteiger partial charge in [-0.15, -0.1) is 5.73 Å². The summed E-state index contributed by atoms with van der Waals surface area (Å²) in [4.78, 5) is 35.5. The molecule has 0 saturated carbocycles. The number of aromatic nitrogens is 6. The number of alkyl halides is 5. The van der Waals surface area contributed by atoms with Crippen LogP contribution in [0.15, 0.2) is 60.3 Å². The van der Waals surface area contributed by atoms with Crippen LogP contribution in [-0.2, 0) is 51.7 Å². The van der Waals surface area contributed by atoms with Crippen LogP contribution < -0.4 is 20.7 Å². The van der Waals surface area contributed by atoms with E-state index in [1.807, 2.05) is 0 Å². The number of hydrogen-bond donors (Lipinski definition) is 4. The summed E-state index contributed by atoms with van der Waals surface area (Å²) in [6.45, 7) is -0.795. The predicted octanol–water partition coefficient (Wildman–Crippen LogP) is 6.04. The van der Waals surface area contributed by atoms with E-state index in [1.54, 1.807) is 31.3 Å². The van der Waals surface area contributed by atoms with Gasteiger partial charge in [0.2, 0.25) is 21.8 Å². The average molecular weight is 901 g/mol. The molecule has 2 aromatic carbocycles. The second-order valence-corrected chi connectivity index (χ2v) is 18.0. The number of nitrogens with one attached hydrogen (secondary N) is 4. The van der Waals surface area contributed by atoms with Gasteiger partial charge >= 0.3 is 6.18 Å². The molecule has 4 N–H and O–H groups in total. The zero-order chi connectivity index (χ0) is 44.0. The van der Waals surface area contributed by atoms with Crippen LogP contribution in [0.4, 0.5) is 41.7 Å². The monoisotopic (exact) mass is 900 g/mol. The number of pyridine rings is 1. The summed E-state index contributed by atoms with van der Waals surface area (Å²) in [5.41, 5.74) is 0.267. The summed E-state index contributed by atoms with van der Waals surface area (Å²) in [6.07, 6.45) is -2.32. The number of para-hydroxylation sites is 1. The maximum absolute atomic E-state index is 15.9. The lowest BCUT2D eigenvalue weighted by Gasteiger charge is -2.23. The number of aryl methyl sites for hydroxylation is 1. The molecule has 62 heavy (non-hydrogen) atoms. The van der Waals surface area contributed by atoms with Crippen molar-refractivity contribution in [3.63, 3.8) is 0 Å². The molecule has 23 heteroatoms.